The van der Waals surface area contributed by atoms with Crippen LogP contribution in [0.1, 0.15) is 56.3 Å². The van der Waals surface area contributed by atoms with Crippen molar-refractivity contribution in [2.45, 2.75) is 40.3 Å². The average Bonchev–Trinajstić information content (AvgIpc) is 3.26. The van der Waals surface area contributed by atoms with Gasteiger partial charge in [-0.25, -0.2) is 14.3 Å². The molecule has 1 aromatic carbocycles. The molecule has 3 rings (SSSR count). The van der Waals surface area contributed by atoms with Crippen molar-refractivity contribution in [1.82, 2.24) is 20.0 Å². The summed E-state index contributed by atoms with van der Waals surface area (Å²) in [5.41, 5.74) is 3.14. The summed E-state index contributed by atoms with van der Waals surface area (Å²) in [6.07, 6.45) is -1.05. The van der Waals surface area contributed by atoms with Gasteiger partial charge in [-0.05, 0) is 51.5 Å². The minimum atomic E-state index is -1.05. The fraction of sp³-hybridized carbons (Fsp3) is 0.350. The topological polar surface area (TPSA) is 116 Å². The number of ketones is 1. The highest BCUT2D eigenvalue weighted by Gasteiger charge is 2.27. The second kappa shape index (κ2) is 7.86. The summed E-state index contributed by atoms with van der Waals surface area (Å²) in [5, 5.41) is 8.04. The highest BCUT2D eigenvalue weighted by Crippen LogP contribution is 2.21. The molecule has 0 unspecified atom stereocenters. The van der Waals surface area contributed by atoms with Crippen LogP contribution in [-0.2, 0) is 16.0 Å². The van der Waals surface area contributed by atoms with E-state index in [9.17, 15) is 14.4 Å². The first-order valence-corrected chi connectivity index (χ1v) is 9.14. The maximum Gasteiger partial charge on any atom is 0.339 e. The quantitative estimate of drug-likeness (QED) is 0.501. The van der Waals surface area contributed by atoms with Crippen LogP contribution in [0.5, 0.6) is 0 Å². The van der Waals surface area contributed by atoms with Gasteiger partial charge in [-0.15, -0.1) is 5.10 Å². The normalized spacial score (nSPS) is 12.0. The summed E-state index contributed by atoms with van der Waals surface area (Å²) in [4.78, 5) is 40.1. The highest BCUT2D eigenvalue weighted by atomic mass is 16.5. The minimum Gasteiger partial charge on any atom is -0.465 e. The number of aromatic nitrogens is 4. The molecule has 2 heterocycles. The fourth-order valence-corrected chi connectivity index (χ4v) is 3.22. The van der Waals surface area contributed by atoms with E-state index in [-0.39, 0.29) is 11.3 Å². The molecule has 1 N–H and O–H groups in total. The fourth-order valence-electron chi connectivity index (χ4n) is 3.22. The van der Waals surface area contributed by atoms with Crippen LogP contribution in [0, 0.1) is 13.8 Å². The van der Waals surface area contributed by atoms with E-state index in [4.69, 9.17) is 9.47 Å². The predicted octanol–water partition coefficient (Wildman–Crippen LogP) is 2.61. The van der Waals surface area contributed by atoms with Crippen LogP contribution in [0.15, 0.2) is 18.2 Å². The molecule has 0 saturated heterocycles. The Hall–Kier alpha value is -3.49. The Bertz CT molecular complexity index is 1110. The Morgan fingerprint density at radius 3 is 2.59 bits per heavy atom. The molecule has 0 radical (unpaired) electrons. The molecule has 0 amide bonds. The number of carbonyl (C=O) groups excluding carboxylic acids is 3. The number of nitrogens with one attached hydrogen (secondary N) is 1. The number of rotatable bonds is 6. The molecule has 152 valence electrons. The van der Waals surface area contributed by atoms with E-state index in [1.165, 1.54) is 14.0 Å². The summed E-state index contributed by atoms with van der Waals surface area (Å²) in [6.45, 7) is 7.40. The van der Waals surface area contributed by atoms with E-state index in [2.05, 4.69) is 15.3 Å². The second-order valence-electron chi connectivity index (χ2n) is 6.64. The van der Waals surface area contributed by atoms with Crippen LogP contribution in [0.2, 0.25) is 0 Å². The van der Waals surface area contributed by atoms with Crippen molar-refractivity contribution in [3.8, 4) is 0 Å². The third kappa shape index (κ3) is 3.63. The zero-order chi connectivity index (χ0) is 21.3. The van der Waals surface area contributed by atoms with Crippen LogP contribution in [0.4, 0.5) is 0 Å². The first-order valence-electron chi connectivity index (χ1n) is 9.14. The molecule has 0 aliphatic heterocycles. The molecular formula is C20H22N4O5. The lowest BCUT2D eigenvalue weighted by atomic mass is 10.1. The van der Waals surface area contributed by atoms with Gasteiger partial charge in [0.15, 0.2) is 6.10 Å². The van der Waals surface area contributed by atoms with Gasteiger partial charge in [-0.3, -0.25) is 4.79 Å². The maximum absolute atomic E-state index is 12.8. The van der Waals surface area contributed by atoms with Crippen molar-refractivity contribution in [2.24, 2.45) is 0 Å². The van der Waals surface area contributed by atoms with Crippen molar-refractivity contribution in [2.75, 3.05) is 7.11 Å². The maximum atomic E-state index is 12.8. The van der Waals surface area contributed by atoms with Crippen LogP contribution in [-0.4, -0.2) is 50.9 Å². The molecule has 0 fully saturated rings. The van der Waals surface area contributed by atoms with Gasteiger partial charge < -0.3 is 14.5 Å². The molecule has 2 aromatic heterocycles. The van der Waals surface area contributed by atoms with Crippen LogP contribution in [0.3, 0.4) is 0 Å². The summed E-state index contributed by atoms with van der Waals surface area (Å²) < 4.78 is 11.8. The number of carbonyl (C=O) groups is 3. The lowest BCUT2D eigenvalue weighted by Gasteiger charge is -2.12. The van der Waals surface area contributed by atoms with E-state index < -0.39 is 23.8 Å². The lowest BCUT2D eigenvalue weighted by Crippen LogP contribution is -2.25. The number of benzene rings is 1. The van der Waals surface area contributed by atoms with Crippen molar-refractivity contribution in [3.05, 3.63) is 46.3 Å². The van der Waals surface area contributed by atoms with Crippen molar-refractivity contribution >= 4 is 28.8 Å². The predicted molar refractivity (Wildman–Crippen MR) is 104 cm³/mol. The van der Waals surface area contributed by atoms with Crippen molar-refractivity contribution < 1.29 is 23.9 Å². The van der Waals surface area contributed by atoms with Crippen molar-refractivity contribution in [1.29, 1.82) is 0 Å². The average molecular weight is 398 g/mol. The number of Topliss-reactive ketones (excluding diaryl/α,β-unsaturated/α-hetero) is 1. The second-order valence-corrected chi connectivity index (χ2v) is 6.64. The van der Waals surface area contributed by atoms with Crippen LogP contribution < -0.4 is 0 Å². The summed E-state index contributed by atoms with van der Waals surface area (Å²) in [7, 11) is 1.27. The Morgan fingerprint density at radius 1 is 1.21 bits per heavy atom. The molecular weight excluding hydrogens is 376 g/mol. The third-order valence-corrected chi connectivity index (χ3v) is 4.78. The zero-order valence-corrected chi connectivity index (χ0v) is 16.9. The van der Waals surface area contributed by atoms with Gasteiger partial charge >= 0.3 is 11.9 Å². The molecule has 1 atom stereocenters. The van der Waals surface area contributed by atoms with Gasteiger partial charge in [0.1, 0.15) is 5.52 Å². The number of ether oxygens (including phenoxy) is 2. The van der Waals surface area contributed by atoms with Crippen molar-refractivity contribution in [3.63, 3.8) is 0 Å². The van der Waals surface area contributed by atoms with E-state index in [0.29, 0.717) is 28.9 Å². The summed E-state index contributed by atoms with van der Waals surface area (Å²) in [5.74, 6) is -1.62. The molecule has 0 aliphatic rings. The lowest BCUT2D eigenvalue weighted by molar-refractivity contribution is 0.0317. The number of aromatic amines is 1. The Morgan fingerprint density at radius 2 is 1.93 bits per heavy atom. The number of aryl methyl sites for hydroxylation is 2. The van der Waals surface area contributed by atoms with Crippen LogP contribution in [0.25, 0.3) is 11.0 Å². The summed E-state index contributed by atoms with van der Waals surface area (Å²) >= 11 is 0. The first-order chi connectivity index (χ1) is 13.8. The van der Waals surface area contributed by atoms with Gasteiger partial charge in [-0.1, -0.05) is 5.21 Å². The Balaban J connectivity index is 1.79. The SMILES string of the molecule is CCn1nnc2cc(C(=O)O[C@H](C)C(=O)c3[nH]c(C)c(C(=O)OC)c3C)ccc21. The van der Waals surface area contributed by atoms with Crippen LogP contribution >= 0.6 is 0 Å². The summed E-state index contributed by atoms with van der Waals surface area (Å²) in [6, 6.07) is 4.92. The van der Waals surface area contributed by atoms with E-state index >= 15 is 0 Å². The first kappa shape index (κ1) is 20.2. The monoisotopic (exact) mass is 398 g/mol. The number of fused-ring (bicyclic) bond motifs is 1. The van der Waals surface area contributed by atoms with Gasteiger partial charge in [-0.2, -0.15) is 0 Å². The number of hydrogen-bond donors (Lipinski definition) is 1. The molecule has 9 nitrogen and oxygen atoms in total. The van der Waals surface area contributed by atoms with Gasteiger partial charge in [0.25, 0.3) is 0 Å². The smallest absolute Gasteiger partial charge is 0.339 e. The van der Waals surface area contributed by atoms with Gasteiger partial charge in [0.05, 0.1) is 29.4 Å². The number of H-pyrrole nitrogens is 1. The minimum absolute atomic E-state index is 0.213. The number of nitrogens with zero attached hydrogens (tertiary/aromatic N) is 3. The Labute approximate surface area is 167 Å². The highest BCUT2D eigenvalue weighted by molar-refractivity contribution is 6.04. The number of esters is 2. The molecule has 29 heavy (non-hydrogen) atoms. The Kier molecular flexibility index (Phi) is 5.49. The largest absolute Gasteiger partial charge is 0.465 e. The standard InChI is InChI=1S/C20H22N4O5/c1-6-24-15-8-7-13(9-14(15)22-23-24)19(26)29-12(4)18(25)17-10(2)16(11(3)21-17)20(27)28-5/h7-9,12,21H,6H2,1-5H3/t12-/m1/s1. The molecule has 0 bridgehead atoms. The third-order valence-electron chi connectivity index (χ3n) is 4.78. The zero-order valence-electron chi connectivity index (χ0n) is 16.9. The van der Waals surface area contributed by atoms with Gasteiger partial charge in [0.2, 0.25) is 5.78 Å². The number of hydrogen-bond acceptors (Lipinski definition) is 7. The molecule has 0 saturated carbocycles. The molecule has 0 aliphatic carbocycles. The number of methoxy groups -OCH3 is 1. The molecule has 0 spiro atoms. The molecule has 3 aromatic rings. The van der Waals surface area contributed by atoms with E-state index in [1.807, 2.05) is 6.92 Å². The van der Waals surface area contributed by atoms with E-state index in [1.54, 1.807) is 36.7 Å². The van der Waals surface area contributed by atoms with Gasteiger partial charge in [0, 0.05) is 12.2 Å². The van der Waals surface area contributed by atoms with E-state index in [0.717, 1.165) is 5.52 Å². The molecule has 9 heteroatoms.